The van der Waals surface area contributed by atoms with E-state index in [-0.39, 0.29) is 20.1 Å². The molecule has 163 valence electrons. The summed E-state index contributed by atoms with van der Waals surface area (Å²) >= 11 is 0. The van der Waals surface area contributed by atoms with E-state index in [0.717, 1.165) is 27.9 Å². The molecule has 0 N–H and O–H groups in total. The Morgan fingerprint density at radius 2 is 1.09 bits per heavy atom. The van der Waals surface area contributed by atoms with Crippen LogP contribution >= 0.6 is 0 Å². The molecule has 0 spiro atoms. The smallest absolute Gasteiger partial charge is 0.165 e. The number of aryl methyl sites for hydroxylation is 2. The van der Waals surface area contributed by atoms with Crippen LogP contribution in [0.2, 0.25) is 0 Å². The molecule has 33 heavy (non-hydrogen) atoms. The second-order valence-electron chi connectivity index (χ2n) is 7.75. The summed E-state index contributed by atoms with van der Waals surface area (Å²) in [6.07, 6.45) is 1.81. The van der Waals surface area contributed by atoms with Crippen molar-refractivity contribution in [3.05, 3.63) is 108 Å². The molecule has 2 aromatic heterocycles. The third kappa shape index (κ3) is 5.11. The summed E-state index contributed by atoms with van der Waals surface area (Å²) in [6.45, 7) is 4.13. The molecule has 2 heterocycles. The van der Waals surface area contributed by atoms with Crippen LogP contribution in [-0.4, -0.2) is 19.9 Å². The fourth-order valence-corrected chi connectivity index (χ4v) is 3.41. The molecular formula is C28H21IrN4-. The average molecular weight is 606 g/mol. The molecule has 5 rings (SSSR count). The third-order valence-electron chi connectivity index (χ3n) is 5.26. The van der Waals surface area contributed by atoms with Gasteiger partial charge in [-0.1, -0.05) is 71.8 Å². The fraction of sp³-hybridized carbons (Fsp3) is 0.0714. The third-order valence-corrected chi connectivity index (χ3v) is 5.26. The molecule has 0 aliphatic carbocycles. The summed E-state index contributed by atoms with van der Waals surface area (Å²) in [7, 11) is 0. The summed E-state index contributed by atoms with van der Waals surface area (Å²) in [5.74, 6) is 1.89. The van der Waals surface area contributed by atoms with Crippen LogP contribution in [0.4, 0.5) is 0 Å². The number of benzene rings is 3. The van der Waals surface area contributed by atoms with Crippen molar-refractivity contribution >= 4 is 0 Å². The summed E-state index contributed by atoms with van der Waals surface area (Å²) in [4.78, 5) is 19.0. The molecule has 0 amide bonds. The molecule has 0 aliphatic heterocycles. The van der Waals surface area contributed by atoms with Gasteiger partial charge in [0.1, 0.15) is 0 Å². The Kier molecular flexibility index (Phi) is 6.83. The van der Waals surface area contributed by atoms with E-state index >= 15 is 0 Å². The average Bonchev–Trinajstić information content (AvgIpc) is 2.85. The zero-order chi connectivity index (χ0) is 21.9. The van der Waals surface area contributed by atoms with Crippen molar-refractivity contribution < 1.29 is 20.1 Å². The van der Waals surface area contributed by atoms with Gasteiger partial charge in [-0.3, -0.25) is 0 Å². The minimum absolute atomic E-state index is 0. The van der Waals surface area contributed by atoms with E-state index in [4.69, 9.17) is 15.0 Å². The molecule has 0 bridgehead atoms. The molecule has 0 aliphatic rings. The SMILES string of the molecule is Cc1ccc(-c2nc(-c3ccc(C)cc3)nc(-c3ccc(-c4[c-]cccc4)nc3)n2)cc1.[Ir]. The van der Waals surface area contributed by atoms with Crippen molar-refractivity contribution in [3.63, 3.8) is 0 Å². The van der Waals surface area contributed by atoms with Crippen molar-refractivity contribution in [1.82, 2.24) is 19.9 Å². The van der Waals surface area contributed by atoms with Gasteiger partial charge in [0, 0.05) is 43.0 Å². The first-order valence-corrected chi connectivity index (χ1v) is 10.5. The van der Waals surface area contributed by atoms with Crippen LogP contribution in [0.1, 0.15) is 11.1 Å². The van der Waals surface area contributed by atoms with Crippen molar-refractivity contribution in [2.75, 3.05) is 0 Å². The first kappa shape index (κ1) is 22.7. The number of aromatic nitrogens is 4. The molecular weight excluding hydrogens is 585 g/mol. The van der Waals surface area contributed by atoms with Gasteiger partial charge in [-0.25, -0.2) is 15.0 Å². The number of nitrogens with zero attached hydrogens (tertiary/aromatic N) is 4. The van der Waals surface area contributed by atoms with Gasteiger partial charge in [0.25, 0.3) is 0 Å². The van der Waals surface area contributed by atoms with E-state index in [2.05, 4.69) is 49.2 Å². The van der Waals surface area contributed by atoms with Crippen LogP contribution in [0, 0.1) is 19.9 Å². The van der Waals surface area contributed by atoms with Gasteiger partial charge < -0.3 is 4.98 Å². The van der Waals surface area contributed by atoms with Crippen LogP contribution in [0.15, 0.2) is 91.1 Å². The zero-order valence-electron chi connectivity index (χ0n) is 18.3. The Bertz CT molecular complexity index is 1280. The molecule has 4 nitrogen and oxygen atoms in total. The monoisotopic (exact) mass is 606 g/mol. The molecule has 3 aromatic carbocycles. The molecule has 1 radical (unpaired) electrons. The summed E-state index contributed by atoms with van der Waals surface area (Å²) in [5.41, 5.74) is 6.95. The topological polar surface area (TPSA) is 51.6 Å². The summed E-state index contributed by atoms with van der Waals surface area (Å²) in [5, 5.41) is 0. The van der Waals surface area contributed by atoms with Gasteiger partial charge in [0.2, 0.25) is 0 Å². The van der Waals surface area contributed by atoms with Crippen molar-refractivity contribution in [2.24, 2.45) is 0 Å². The Labute approximate surface area is 207 Å². The Hall–Kier alpha value is -3.53. The Balaban J connectivity index is 0.00000259. The first-order chi connectivity index (χ1) is 15.7. The van der Waals surface area contributed by atoms with E-state index in [1.807, 2.05) is 66.9 Å². The molecule has 5 heteroatoms. The maximum atomic E-state index is 4.78. The minimum atomic E-state index is 0. The summed E-state index contributed by atoms with van der Waals surface area (Å²) < 4.78 is 0. The van der Waals surface area contributed by atoms with Crippen LogP contribution in [0.3, 0.4) is 0 Å². The predicted molar refractivity (Wildman–Crippen MR) is 128 cm³/mol. The van der Waals surface area contributed by atoms with Crippen LogP contribution < -0.4 is 0 Å². The largest absolute Gasteiger partial charge is 0.304 e. The van der Waals surface area contributed by atoms with Gasteiger partial charge in [0.15, 0.2) is 17.5 Å². The zero-order valence-corrected chi connectivity index (χ0v) is 20.7. The van der Waals surface area contributed by atoms with E-state index in [9.17, 15) is 0 Å². The number of pyridine rings is 1. The summed E-state index contributed by atoms with van der Waals surface area (Å²) in [6, 6.07) is 31.4. The normalized spacial score (nSPS) is 10.5. The molecule has 0 saturated heterocycles. The quantitative estimate of drug-likeness (QED) is 0.224. The maximum Gasteiger partial charge on any atom is 0.165 e. The molecule has 5 aromatic rings. The van der Waals surface area contributed by atoms with Crippen molar-refractivity contribution in [2.45, 2.75) is 13.8 Å². The molecule has 0 atom stereocenters. The van der Waals surface area contributed by atoms with Gasteiger partial charge in [0.05, 0.1) is 0 Å². The predicted octanol–water partition coefficient (Wildman–Crippen LogP) is 6.35. The second kappa shape index (κ2) is 9.95. The van der Waals surface area contributed by atoms with Crippen LogP contribution in [0.5, 0.6) is 0 Å². The van der Waals surface area contributed by atoms with Crippen molar-refractivity contribution in [1.29, 1.82) is 0 Å². The van der Waals surface area contributed by atoms with Crippen LogP contribution in [-0.2, 0) is 20.1 Å². The second-order valence-corrected chi connectivity index (χ2v) is 7.75. The number of hydrogen-bond acceptors (Lipinski definition) is 4. The van der Waals surface area contributed by atoms with Gasteiger partial charge in [-0.2, -0.15) is 0 Å². The number of hydrogen-bond donors (Lipinski definition) is 0. The Morgan fingerprint density at radius 3 is 1.55 bits per heavy atom. The van der Waals surface area contributed by atoms with E-state index < -0.39 is 0 Å². The fourth-order valence-electron chi connectivity index (χ4n) is 3.41. The van der Waals surface area contributed by atoms with Gasteiger partial charge in [-0.15, -0.1) is 35.9 Å². The maximum absolute atomic E-state index is 4.78. The minimum Gasteiger partial charge on any atom is -0.304 e. The van der Waals surface area contributed by atoms with Gasteiger partial charge in [-0.05, 0) is 19.5 Å². The number of rotatable bonds is 4. The Morgan fingerprint density at radius 1 is 0.576 bits per heavy atom. The first-order valence-electron chi connectivity index (χ1n) is 10.5. The standard InChI is InChI=1S/C28H21N4.Ir/c1-19-8-12-22(13-9-19)26-30-27(23-14-10-20(2)11-15-23)32-28(31-26)24-16-17-25(29-18-24)21-6-4-3-5-7-21;/h3-6,8-18H,1-2H3;/q-1;. The van der Waals surface area contributed by atoms with E-state index in [0.29, 0.717) is 17.5 Å². The molecule has 0 saturated carbocycles. The molecule has 0 fully saturated rings. The van der Waals surface area contributed by atoms with Gasteiger partial charge >= 0.3 is 0 Å². The van der Waals surface area contributed by atoms with E-state index in [1.54, 1.807) is 0 Å². The van der Waals surface area contributed by atoms with Crippen molar-refractivity contribution in [3.8, 4) is 45.4 Å². The van der Waals surface area contributed by atoms with E-state index in [1.165, 1.54) is 11.1 Å². The molecule has 0 unspecified atom stereocenters. The van der Waals surface area contributed by atoms with Crippen LogP contribution in [0.25, 0.3) is 45.4 Å².